The number of aryl methyl sites for hydroxylation is 1. The molecule has 1 saturated carbocycles. The van der Waals surface area contributed by atoms with Gasteiger partial charge in [-0.25, -0.2) is 0 Å². The van der Waals surface area contributed by atoms with Crippen molar-refractivity contribution in [1.82, 2.24) is 0 Å². The number of rotatable bonds is 16. The first-order chi connectivity index (χ1) is 18.3. The molecule has 38 heavy (non-hydrogen) atoms. The molecule has 0 amide bonds. The molecule has 4 unspecified atom stereocenters. The van der Waals surface area contributed by atoms with Crippen LogP contribution in [0.15, 0.2) is 48.6 Å². The first kappa shape index (κ1) is 31.3. The lowest BCUT2D eigenvalue weighted by atomic mass is 9.75. The van der Waals surface area contributed by atoms with Crippen LogP contribution < -0.4 is 0 Å². The Morgan fingerprint density at radius 2 is 1.68 bits per heavy atom. The normalized spacial score (nSPS) is 19.3. The Morgan fingerprint density at radius 1 is 0.974 bits per heavy atom. The fraction of sp³-hybridized carbons (Fsp3) is 0.594. The third kappa shape index (κ3) is 12.1. The van der Waals surface area contributed by atoms with Crippen LogP contribution >= 0.6 is 0 Å². The number of hydrogen-bond donors (Lipinski definition) is 1. The minimum absolute atomic E-state index is 0.0764. The SMILES string of the molecule is CCCCCc1ccccc1CC(/C=C/C=C/C1CCCCC1C(CCCC(=O)O)OC(C)=O)OC(C)=O. The Morgan fingerprint density at radius 3 is 2.37 bits per heavy atom. The van der Waals surface area contributed by atoms with E-state index in [9.17, 15) is 14.4 Å². The van der Waals surface area contributed by atoms with Crippen LogP contribution in [0.2, 0.25) is 0 Å². The van der Waals surface area contributed by atoms with Gasteiger partial charge in [0.2, 0.25) is 0 Å². The molecule has 1 N–H and O–H groups in total. The lowest BCUT2D eigenvalue weighted by molar-refractivity contribution is -0.151. The topological polar surface area (TPSA) is 89.9 Å². The molecule has 210 valence electrons. The van der Waals surface area contributed by atoms with Crippen molar-refractivity contribution in [3.8, 4) is 0 Å². The van der Waals surface area contributed by atoms with Crippen molar-refractivity contribution < 1.29 is 29.0 Å². The van der Waals surface area contributed by atoms with E-state index in [-0.39, 0.29) is 42.4 Å². The molecular weight excluding hydrogens is 480 g/mol. The molecule has 1 aliphatic rings. The standard InChI is InChI=1S/C32H46O6/c1-4-5-6-14-26-15-7-8-18-28(26)23-29(37-24(2)33)19-11-9-16-27-17-10-12-20-30(27)31(38-25(3)34)21-13-22-32(35)36/h7-9,11,15-16,18-19,27,29-31H,4-6,10,12-14,17,20-23H2,1-3H3,(H,35,36)/b16-9+,19-11+. The van der Waals surface area contributed by atoms with Crippen LogP contribution in [-0.2, 0) is 36.7 Å². The third-order valence-corrected chi connectivity index (χ3v) is 7.25. The van der Waals surface area contributed by atoms with E-state index in [1.807, 2.05) is 24.3 Å². The number of allylic oxidation sites excluding steroid dienone is 3. The first-order valence-electron chi connectivity index (χ1n) is 14.3. The molecule has 0 radical (unpaired) electrons. The Bertz CT molecular complexity index is 934. The number of ether oxygens (including phenoxy) is 2. The van der Waals surface area contributed by atoms with Gasteiger partial charge < -0.3 is 14.6 Å². The van der Waals surface area contributed by atoms with Crippen LogP contribution in [0.25, 0.3) is 0 Å². The molecule has 1 aliphatic carbocycles. The van der Waals surface area contributed by atoms with E-state index in [1.54, 1.807) is 0 Å². The van der Waals surface area contributed by atoms with Gasteiger partial charge in [0.25, 0.3) is 0 Å². The number of esters is 2. The summed E-state index contributed by atoms with van der Waals surface area (Å²) in [6.45, 7) is 5.06. The Kier molecular flexibility index (Phi) is 14.5. The van der Waals surface area contributed by atoms with Gasteiger partial charge in [0.15, 0.2) is 0 Å². The van der Waals surface area contributed by atoms with Crippen LogP contribution in [0.4, 0.5) is 0 Å². The zero-order chi connectivity index (χ0) is 27.8. The van der Waals surface area contributed by atoms with Gasteiger partial charge in [-0.2, -0.15) is 0 Å². The Hall–Kier alpha value is -2.89. The predicted molar refractivity (Wildman–Crippen MR) is 150 cm³/mol. The first-order valence-corrected chi connectivity index (χ1v) is 14.3. The second kappa shape index (κ2) is 17.6. The molecular formula is C32H46O6. The molecule has 0 bridgehead atoms. The van der Waals surface area contributed by atoms with Crippen LogP contribution in [0.1, 0.15) is 96.1 Å². The summed E-state index contributed by atoms with van der Waals surface area (Å²) in [5, 5.41) is 9.01. The maximum atomic E-state index is 11.8. The van der Waals surface area contributed by atoms with Gasteiger partial charge in [-0.15, -0.1) is 0 Å². The maximum absolute atomic E-state index is 11.8. The zero-order valence-electron chi connectivity index (χ0n) is 23.4. The number of carbonyl (C=O) groups excluding carboxylic acids is 2. The number of unbranched alkanes of at least 4 members (excludes halogenated alkanes) is 2. The average molecular weight is 527 g/mol. The molecule has 6 heteroatoms. The van der Waals surface area contributed by atoms with E-state index in [2.05, 4.69) is 31.2 Å². The van der Waals surface area contributed by atoms with E-state index in [0.29, 0.717) is 19.3 Å². The molecule has 0 heterocycles. The number of carboxylic acids is 1. The average Bonchev–Trinajstić information content (AvgIpc) is 2.86. The minimum Gasteiger partial charge on any atom is -0.481 e. The van der Waals surface area contributed by atoms with Crippen LogP contribution in [-0.4, -0.2) is 35.2 Å². The molecule has 4 atom stereocenters. The second-order valence-corrected chi connectivity index (χ2v) is 10.4. The maximum Gasteiger partial charge on any atom is 0.303 e. The van der Waals surface area contributed by atoms with Crippen molar-refractivity contribution in [2.75, 3.05) is 0 Å². The third-order valence-electron chi connectivity index (χ3n) is 7.25. The van der Waals surface area contributed by atoms with Gasteiger partial charge in [0.05, 0.1) is 0 Å². The van der Waals surface area contributed by atoms with E-state index in [1.165, 1.54) is 37.8 Å². The summed E-state index contributed by atoms with van der Waals surface area (Å²) in [5.74, 6) is -1.04. The summed E-state index contributed by atoms with van der Waals surface area (Å²) in [6, 6.07) is 8.38. The minimum atomic E-state index is -0.831. The number of benzene rings is 1. The molecule has 1 fully saturated rings. The monoisotopic (exact) mass is 526 g/mol. The van der Waals surface area contributed by atoms with E-state index in [0.717, 1.165) is 38.5 Å². The number of aliphatic carboxylic acids is 1. The smallest absolute Gasteiger partial charge is 0.303 e. The Balaban J connectivity index is 2.09. The van der Waals surface area contributed by atoms with Gasteiger partial charge in [-0.1, -0.05) is 75.1 Å². The van der Waals surface area contributed by atoms with Gasteiger partial charge in [0.1, 0.15) is 12.2 Å². The highest BCUT2D eigenvalue weighted by atomic mass is 16.5. The molecule has 1 aromatic rings. The van der Waals surface area contributed by atoms with Gasteiger partial charge >= 0.3 is 17.9 Å². The second-order valence-electron chi connectivity index (χ2n) is 10.4. The van der Waals surface area contributed by atoms with Crippen molar-refractivity contribution in [3.05, 3.63) is 59.7 Å². The number of carbonyl (C=O) groups is 3. The van der Waals surface area contributed by atoms with Crippen LogP contribution in [0, 0.1) is 11.8 Å². The highest BCUT2D eigenvalue weighted by molar-refractivity contribution is 5.67. The van der Waals surface area contributed by atoms with Gasteiger partial charge in [-0.3, -0.25) is 14.4 Å². The molecule has 0 saturated heterocycles. The van der Waals surface area contributed by atoms with Crippen LogP contribution in [0.3, 0.4) is 0 Å². The van der Waals surface area contributed by atoms with Crippen molar-refractivity contribution in [1.29, 1.82) is 0 Å². The summed E-state index contributed by atoms with van der Waals surface area (Å²) >= 11 is 0. The molecule has 0 aromatic heterocycles. The predicted octanol–water partition coefficient (Wildman–Crippen LogP) is 7.00. The molecule has 0 spiro atoms. The summed E-state index contributed by atoms with van der Waals surface area (Å²) in [6.07, 6.45) is 17.9. The van der Waals surface area contributed by atoms with Crippen molar-refractivity contribution in [2.24, 2.45) is 11.8 Å². The van der Waals surface area contributed by atoms with Crippen molar-refractivity contribution in [3.63, 3.8) is 0 Å². The summed E-state index contributed by atoms with van der Waals surface area (Å²) in [4.78, 5) is 34.5. The van der Waals surface area contributed by atoms with E-state index < -0.39 is 5.97 Å². The van der Waals surface area contributed by atoms with Crippen molar-refractivity contribution in [2.45, 2.75) is 110 Å². The Labute approximate surface area is 228 Å². The fourth-order valence-corrected chi connectivity index (χ4v) is 5.46. The summed E-state index contributed by atoms with van der Waals surface area (Å²) in [5.41, 5.74) is 2.52. The summed E-state index contributed by atoms with van der Waals surface area (Å²) < 4.78 is 11.3. The number of carboxylic acid groups (broad SMARTS) is 1. The van der Waals surface area contributed by atoms with Gasteiger partial charge in [0, 0.05) is 32.6 Å². The van der Waals surface area contributed by atoms with E-state index >= 15 is 0 Å². The largest absolute Gasteiger partial charge is 0.481 e. The fourth-order valence-electron chi connectivity index (χ4n) is 5.46. The van der Waals surface area contributed by atoms with Gasteiger partial charge in [-0.05, 0) is 61.6 Å². The number of hydrogen-bond acceptors (Lipinski definition) is 5. The quantitative estimate of drug-likeness (QED) is 0.142. The highest BCUT2D eigenvalue weighted by Gasteiger charge is 2.32. The zero-order valence-corrected chi connectivity index (χ0v) is 23.4. The molecule has 2 rings (SSSR count). The lowest BCUT2D eigenvalue weighted by Gasteiger charge is -2.35. The molecule has 6 nitrogen and oxygen atoms in total. The molecule has 0 aliphatic heterocycles. The van der Waals surface area contributed by atoms with Crippen molar-refractivity contribution >= 4 is 17.9 Å². The summed E-state index contributed by atoms with van der Waals surface area (Å²) in [7, 11) is 0. The lowest BCUT2D eigenvalue weighted by Crippen LogP contribution is -2.33. The van der Waals surface area contributed by atoms with Crippen LogP contribution in [0.5, 0.6) is 0 Å². The highest BCUT2D eigenvalue weighted by Crippen LogP contribution is 2.36. The molecule has 1 aromatic carbocycles. The van der Waals surface area contributed by atoms with E-state index in [4.69, 9.17) is 14.6 Å².